The largest absolute Gasteiger partial charge is 0.305 e. The smallest absolute Gasteiger partial charge is 0.0160 e. The Kier molecular flexibility index (Phi) is 5.42. The summed E-state index contributed by atoms with van der Waals surface area (Å²) >= 11 is 0. The molecule has 0 N–H and O–H groups in total. The van der Waals surface area contributed by atoms with Gasteiger partial charge in [-0.15, -0.1) is 35.4 Å². The molecule has 1 nitrogen and oxygen atoms in total. The number of hydrogen-bond acceptors (Lipinski definition) is 1. The SMILES string of the molecule is CC1(C)c2ccccc2-c2cc3c(cc21)C(C)(C)c1cc(-c2cc[c-]c(-c4ccccn4)c2)ccc1-3.[Ir]. The van der Waals surface area contributed by atoms with Crippen molar-refractivity contribution >= 4 is 0 Å². The van der Waals surface area contributed by atoms with Gasteiger partial charge in [0.05, 0.1) is 0 Å². The first kappa shape index (κ1) is 24.0. The molecule has 1 heterocycles. The number of rotatable bonds is 2. The molecule has 183 valence electrons. The van der Waals surface area contributed by atoms with Gasteiger partial charge in [-0.25, -0.2) is 0 Å². The van der Waals surface area contributed by atoms with Crippen molar-refractivity contribution in [2.24, 2.45) is 0 Å². The molecule has 7 rings (SSSR count). The molecule has 5 aromatic rings. The molecule has 4 aromatic carbocycles. The van der Waals surface area contributed by atoms with Gasteiger partial charge in [-0.2, -0.15) is 0 Å². The van der Waals surface area contributed by atoms with E-state index in [4.69, 9.17) is 0 Å². The predicted octanol–water partition coefficient (Wildman–Crippen LogP) is 8.83. The van der Waals surface area contributed by atoms with Crippen molar-refractivity contribution in [2.45, 2.75) is 38.5 Å². The van der Waals surface area contributed by atoms with E-state index in [-0.39, 0.29) is 30.9 Å². The summed E-state index contributed by atoms with van der Waals surface area (Å²) < 4.78 is 0. The third-order valence-electron chi connectivity index (χ3n) is 8.45. The van der Waals surface area contributed by atoms with Gasteiger partial charge in [-0.05, 0) is 67.9 Å². The Hall–Kier alpha value is -3.32. The van der Waals surface area contributed by atoms with Gasteiger partial charge >= 0.3 is 0 Å². The fraction of sp³-hybridized carbons (Fsp3) is 0.171. The molecule has 0 atom stereocenters. The molecular weight excluding hydrogens is 627 g/mol. The van der Waals surface area contributed by atoms with Crippen molar-refractivity contribution in [1.82, 2.24) is 4.98 Å². The molecule has 0 amide bonds. The third kappa shape index (κ3) is 3.43. The van der Waals surface area contributed by atoms with Crippen LogP contribution >= 0.6 is 0 Å². The number of hydrogen-bond donors (Lipinski definition) is 0. The van der Waals surface area contributed by atoms with E-state index in [9.17, 15) is 0 Å². The van der Waals surface area contributed by atoms with Gasteiger partial charge in [0.15, 0.2) is 0 Å². The van der Waals surface area contributed by atoms with E-state index < -0.39 is 0 Å². The van der Waals surface area contributed by atoms with Crippen LogP contribution in [-0.4, -0.2) is 4.98 Å². The van der Waals surface area contributed by atoms with Crippen LogP contribution in [0.3, 0.4) is 0 Å². The first-order valence-electron chi connectivity index (χ1n) is 12.7. The predicted molar refractivity (Wildman–Crippen MR) is 149 cm³/mol. The van der Waals surface area contributed by atoms with Crippen LogP contribution in [0.2, 0.25) is 0 Å². The van der Waals surface area contributed by atoms with Crippen molar-refractivity contribution in [1.29, 1.82) is 0 Å². The van der Waals surface area contributed by atoms with Crippen LogP contribution in [0.25, 0.3) is 44.6 Å². The molecule has 0 spiro atoms. The number of nitrogens with zero attached hydrogens (tertiary/aromatic N) is 1. The monoisotopic (exact) mass is 655 g/mol. The zero-order chi connectivity index (χ0) is 24.7. The van der Waals surface area contributed by atoms with Crippen molar-refractivity contribution in [3.8, 4) is 44.6 Å². The van der Waals surface area contributed by atoms with E-state index in [1.807, 2.05) is 30.5 Å². The molecule has 0 aliphatic heterocycles. The van der Waals surface area contributed by atoms with Gasteiger partial charge in [-0.3, -0.25) is 0 Å². The fourth-order valence-corrected chi connectivity index (χ4v) is 6.42. The maximum atomic E-state index is 4.52. The van der Waals surface area contributed by atoms with Crippen LogP contribution in [0.1, 0.15) is 49.9 Å². The summed E-state index contributed by atoms with van der Waals surface area (Å²) in [4.78, 5) is 4.52. The van der Waals surface area contributed by atoms with E-state index >= 15 is 0 Å². The van der Waals surface area contributed by atoms with Crippen molar-refractivity contribution in [3.05, 3.63) is 126 Å². The average molecular weight is 655 g/mol. The summed E-state index contributed by atoms with van der Waals surface area (Å²) in [5, 5.41) is 0. The summed E-state index contributed by atoms with van der Waals surface area (Å²) in [5.74, 6) is 0. The zero-order valence-electron chi connectivity index (χ0n) is 21.5. The van der Waals surface area contributed by atoms with Gasteiger partial charge in [0.1, 0.15) is 0 Å². The molecule has 2 aliphatic carbocycles. The van der Waals surface area contributed by atoms with Crippen LogP contribution < -0.4 is 0 Å². The van der Waals surface area contributed by atoms with Gasteiger partial charge in [-0.1, -0.05) is 88.4 Å². The van der Waals surface area contributed by atoms with Gasteiger partial charge in [0, 0.05) is 37.1 Å². The number of fused-ring (bicyclic) bond motifs is 6. The Morgan fingerprint density at radius 1 is 0.568 bits per heavy atom. The topological polar surface area (TPSA) is 12.9 Å². The molecule has 2 heteroatoms. The minimum atomic E-state index is -0.0642. The first-order chi connectivity index (χ1) is 17.4. The van der Waals surface area contributed by atoms with E-state index in [1.165, 1.54) is 55.6 Å². The molecule has 37 heavy (non-hydrogen) atoms. The second kappa shape index (κ2) is 8.35. The molecule has 0 saturated heterocycles. The van der Waals surface area contributed by atoms with Crippen LogP contribution in [0.15, 0.2) is 97.2 Å². The molecule has 1 radical (unpaired) electrons. The maximum Gasteiger partial charge on any atom is 0.0160 e. The normalized spacial score (nSPS) is 15.2. The molecular formula is C35H28IrN-. The summed E-state index contributed by atoms with van der Waals surface area (Å²) in [7, 11) is 0. The molecule has 0 fully saturated rings. The minimum absolute atomic E-state index is 0. The summed E-state index contributed by atoms with van der Waals surface area (Å²) in [6, 6.07) is 36.6. The summed E-state index contributed by atoms with van der Waals surface area (Å²) in [6.45, 7) is 9.48. The second-order valence-electron chi connectivity index (χ2n) is 11.2. The Balaban J connectivity index is 0.00000252. The Labute approximate surface area is 233 Å². The fourth-order valence-electron chi connectivity index (χ4n) is 6.42. The molecule has 0 bridgehead atoms. The van der Waals surface area contributed by atoms with E-state index in [0.29, 0.717) is 0 Å². The Morgan fingerprint density at radius 3 is 1.97 bits per heavy atom. The number of pyridine rings is 1. The van der Waals surface area contributed by atoms with E-state index in [0.717, 1.165) is 11.3 Å². The molecule has 2 aliphatic rings. The quantitative estimate of drug-likeness (QED) is 0.174. The van der Waals surface area contributed by atoms with E-state index in [2.05, 4.69) is 105 Å². The summed E-state index contributed by atoms with van der Waals surface area (Å²) in [5.41, 5.74) is 15.6. The average Bonchev–Trinajstić information content (AvgIpc) is 3.27. The van der Waals surface area contributed by atoms with Crippen molar-refractivity contribution < 1.29 is 20.1 Å². The van der Waals surface area contributed by atoms with E-state index in [1.54, 1.807) is 0 Å². The number of benzene rings is 4. The number of aromatic nitrogens is 1. The standard InChI is InChI=1S/C35H28N.Ir/c1-34(2)29-13-6-5-12-25(29)27-20-28-26-16-15-23(19-30(26)35(3,4)32(28)21-31(27)34)22-10-9-11-24(18-22)33-14-7-8-17-36-33;/h5-10,12-21H,1-4H3;/q-1;. The summed E-state index contributed by atoms with van der Waals surface area (Å²) in [6.07, 6.45) is 1.84. The van der Waals surface area contributed by atoms with Crippen molar-refractivity contribution in [2.75, 3.05) is 0 Å². The van der Waals surface area contributed by atoms with Crippen LogP contribution in [-0.2, 0) is 30.9 Å². The van der Waals surface area contributed by atoms with Crippen LogP contribution in [0.5, 0.6) is 0 Å². The third-order valence-corrected chi connectivity index (χ3v) is 8.45. The Morgan fingerprint density at radius 2 is 1.22 bits per heavy atom. The van der Waals surface area contributed by atoms with Crippen LogP contribution in [0.4, 0.5) is 0 Å². The van der Waals surface area contributed by atoms with Gasteiger partial charge < -0.3 is 4.98 Å². The first-order valence-corrected chi connectivity index (χ1v) is 12.7. The molecule has 1 aromatic heterocycles. The minimum Gasteiger partial charge on any atom is -0.305 e. The molecule has 0 unspecified atom stereocenters. The zero-order valence-corrected chi connectivity index (χ0v) is 23.9. The molecule has 0 saturated carbocycles. The van der Waals surface area contributed by atoms with Gasteiger partial charge in [0.2, 0.25) is 0 Å². The Bertz CT molecular complexity index is 1680. The van der Waals surface area contributed by atoms with Gasteiger partial charge in [0.25, 0.3) is 0 Å². The van der Waals surface area contributed by atoms with Crippen molar-refractivity contribution in [3.63, 3.8) is 0 Å². The van der Waals surface area contributed by atoms with Crippen LogP contribution in [0, 0.1) is 6.07 Å². The maximum absolute atomic E-state index is 4.52. The second-order valence-corrected chi connectivity index (χ2v) is 11.2.